The first-order valence-corrected chi connectivity index (χ1v) is 14.7. The fraction of sp³-hybridized carbons (Fsp3) is 0.515. The van der Waals surface area contributed by atoms with Crippen molar-refractivity contribution in [1.82, 2.24) is 0 Å². The molecular formula is C33H46N2O4. The number of nitrogen functional groups attached to an aromatic ring is 2. The van der Waals surface area contributed by atoms with Gasteiger partial charge in [0.15, 0.2) is 0 Å². The van der Waals surface area contributed by atoms with Crippen LogP contribution in [0.1, 0.15) is 112 Å². The van der Waals surface area contributed by atoms with Gasteiger partial charge in [0, 0.05) is 23.4 Å². The number of nitrogens with two attached hydrogens (primary N) is 2. The van der Waals surface area contributed by atoms with Gasteiger partial charge in [0.25, 0.3) is 0 Å². The second kappa shape index (κ2) is 16.0. The van der Waals surface area contributed by atoms with Crippen molar-refractivity contribution in [1.29, 1.82) is 0 Å². The van der Waals surface area contributed by atoms with E-state index in [1.165, 1.54) is 31.8 Å². The highest BCUT2D eigenvalue weighted by molar-refractivity contribution is 5.90. The van der Waals surface area contributed by atoms with Gasteiger partial charge in [-0.3, -0.25) is 0 Å². The largest absolute Gasteiger partial charge is 0.462 e. The highest BCUT2D eigenvalue weighted by Gasteiger charge is 2.24. The Labute approximate surface area is 234 Å². The summed E-state index contributed by atoms with van der Waals surface area (Å²) in [5.41, 5.74) is 15.5. The van der Waals surface area contributed by atoms with Gasteiger partial charge in [0.2, 0.25) is 0 Å². The van der Waals surface area contributed by atoms with Gasteiger partial charge in [-0.1, -0.05) is 64.5 Å². The zero-order chi connectivity index (χ0) is 28.0. The molecule has 1 aliphatic carbocycles. The predicted octanol–water partition coefficient (Wildman–Crippen LogP) is 7.68. The van der Waals surface area contributed by atoms with Crippen LogP contribution < -0.4 is 11.5 Å². The molecule has 0 spiro atoms. The number of hydrogen-bond acceptors (Lipinski definition) is 6. The number of carbonyl (C=O) groups is 2. The number of ether oxygens (including phenoxy) is 2. The van der Waals surface area contributed by atoms with Gasteiger partial charge >= 0.3 is 11.9 Å². The SMILES string of the molecule is CCCCCC1CCC(OC(=O)c2ccc(C=CC(=O)OCC(CCCC)c3cc(N)cc(N)c3)cc2)CC1. The number of benzene rings is 2. The normalized spacial score (nSPS) is 18.1. The molecule has 0 radical (unpaired) electrons. The van der Waals surface area contributed by atoms with Crippen molar-refractivity contribution in [2.75, 3.05) is 18.1 Å². The molecule has 0 bridgehead atoms. The van der Waals surface area contributed by atoms with Crippen LogP contribution in [0.2, 0.25) is 0 Å². The minimum atomic E-state index is -0.415. The van der Waals surface area contributed by atoms with Crippen LogP contribution in [0.5, 0.6) is 0 Å². The lowest BCUT2D eigenvalue weighted by Crippen LogP contribution is -2.24. The van der Waals surface area contributed by atoms with E-state index >= 15 is 0 Å². The molecule has 39 heavy (non-hydrogen) atoms. The van der Waals surface area contributed by atoms with Crippen molar-refractivity contribution < 1.29 is 19.1 Å². The number of unbranched alkanes of at least 4 members (excludes halogenated alkanes) is 3. The third-order valence-electron chi connectivity index (χ3n) is 7.65. The number of carbonyl (C=O) groups excluding carboxylic acids is 2. The van der Waals surface area contributed by atoms with Crippen molar-refractivity contribution in [3.05, 3.63) is 65.2 Å². The van der Waals surface area contributed by atoms with Crippen LogP contribution in [-0.2, 0) is 14.3 Å². The molecule has 2 aromatic rings. The van der Waals surface area contributed by atoms with Crippen molar-refractivity contribution in [3.63, 3.8) is 0 Å². The summed E-state index contributed by atoms with van der Waals surface area (Å²) in [6.45, 7) is 4.63. The highest BCUT2D eigenvalue weighted by Crippen LogP contribution is 2.30. The Morgan fingerprint density at radius 3 is 2.23 bits per heavy atom. The molecule has 1 unspecified atom stereocenters. The zero-order valence-electron chi connectivity index (χ0n) is 23.7. The zero-order valence-corrected chi connectivity index (χ0v) is 23.7. The molecule has 0 saturated heterocycles. The molecule has 4 N–H and O–H groups in total. The second-order valence-electron chi connectivity index (χ2n) is 10.9. The minimum Gasteiger partial charge on any atom is -0.462 e. The van der Waals surface area contributed by atoms with Crippen LogP contribution in [0, 0.1) is 5.92 Å². The van der Waals surface area contributed by atoms with Crippen LogP contribution in [-0.4, -0.2) is 24.6 Å². The van der Waals surface area contributed by atoms with Gasteiger partial charge < -0.3 is 20.9 Å². The Kier molecular flexibility index (Phi) is 12.4. The monoisotopic (exact) mass is 534 g/mol. The Balaban J connectivity index is 1.46. The Hall–Kier alpha value is -3.28. The summed E-state index contributed by atoms with van der Waals surface area (Å²) in [7, 11) is 0. The molecule has 212 valence electrons. The van der Waals surface area contributed by atoms with Crippen molar-refractivity contribution in [2.24, 2.45) is 5.92 Å². The lowest BCUT2D eigenvalue weighted by atomic mass is 9.84. The average Bonchev–Trinajstić information content (AvgIpc) is 2.92. The number of esters is 2. The minimum absolute atomic E-state index is 0.0131. The standard InChI is InChI=1S/C33H46N2O4/c1-3-5-7-8-24-12-17-31(18-13-24)39-33(37)26-15-10-25(11-16-26)14-19-32(36)38-23-27(9-6-4-2)28-20-29(34)22-30(35)21-28/h10-11,14-16,19-22,24,27,31H,3-9,12-13,17-18,23,34-35H2,1-2H3. The van der Waals surface area contributed by atoms with Gasteiger partial charge in [-0.2, -0.15) is 0 Å². The number of anilines is 2. The molecule has 0 amide bonds. The maximum absolute atomic E-state index is 12.6. The van der Waals surface area contributed by atoms with E-state index in [0.717, 1.165) is 62.0 Å². The molecule has 1 fully saturated rings. The summed E-state index contributed by atoms with van der Waals surface area (Å²) in [6, 6.07) is 12.6. The molecule has 6 heteroatoms. The molecule has 6 nitrogen and oxygen atoms in total. The van der Waals surface area contributed by atoms with E-state index in [9.17, 15) is 9.59 Å². The van der Waals surface area contributed by atoms with Crippen molar-refractivity contribution in [2.45, 2.75) is 96.5 Å². The molecule has 3 rings (SSSR count). The lowest BCUT2D eigenvalue weighted by Gasteiger charge is -2.28. The van der Waals surface area contributed by atoms with E-state index < -0.39 is 5.97 Å². The molecule has 0 aliphatic heterocycles. The maximum Gasteiger partial charge on any atom is 0.338 e. The van der Waals surface area contributed by atoms with Crippen LogP contribution in [0.25, 0.3) is 6.08 Å². The van der Waals surface area contributed by atoms with Crippen LogP contribution in [0.3, 0.4) is 0 Å². The second-order valence-corrected chi connectivity index (χ2v) is 10.9. The molecular weight excluding hydrogens is 488 g/mol. The molecule has 1 saturated carbocycles. The average molecular weight is 535 g/mol. The van der Waals surface area contributed by atoms with Gasteiger partial charge in [0.05, 0.1) is 12.2 Å². The first-order valence-electron chi connectivity index (χ1n) is 14.7. The molecule has 1 aliphatic rings. The number of rotatable bonds is 14. The summed E-state index contributed by atoms with van der Waals surface area (Å²) in [5.74, 6) is 0.124. The quantitative estimate of drug-likeness (QED) is 0.111. The van der Waals surface area contributed by atoms with Gasteiger partial charge in [-0.25, -0.2) is 9.59 Å². The van der Waals surface area contributed by atoms with Crippen molar-refractivity contribution in [3.8, 4) is 0 Å². The summed E-state index contributed by atoms with van der Waals surface area (Å²) < 4.78 is 11.3. The van der Waals surface area contributed by atoms with Gasteiger partial charge in [0.1, 0.15) is 6.10 Å². The molecule has 2 aromatic carbocycles. The fourth-order valence-corrected chi connectivity index (χ4v) is 5.30. The predicted molar refractivity (Wildman–Crippen MR) is 159 cm³/mol. The number of hydrogen-bond donors (Lipinski definition) is 2. The van der Waals surface area contributed by atoms with Gasteiger partial charge in [-0.15, -0.1) is 0 Å². The van der Waals surface area contributed by atoms with E-state index in [1.54, 1.807) is 24.3 Å². The third kappa shape index (κ3) is 10.4. The van der Waals surface area contributed by atoms with E-state index in [0.29, 0.717) is 16.9 Å². The molecule has 0 heterocycles. The van der Waals surface area contributed by atoms with Crippen LogP contribution in [0.15, 0.2) is 48.5 Å². The van der Waals surface area contributed by atoms with Crippen LogP contribution in [0.4, 0.5) is 11.4 Å². The summed E-state index contributed by atoms with van der Waals surface area (Å²) in [5, 5.41) is 0. The summed E-state index contributed by atoms with van der Waals surface area (Å²) >= 11 is 0. The van der Waals surface area contributed by atoms with E-state index in [-0.39, 0.29) is 24.6 Å². The lowest BCUT2D eigenvalue weighted by molar-refractivity contribution is -0.138. The van der Waals surface area contributed by atoms with Crippen molar-refractivity contribution >= 4 is 29.4 Å². The summed E-state index contributed by atoms with van der Waals surface area (Å²) in [4.78, 5) is 25.1. The topological polar surface area (TPSA) is 105 Å². The fourth-order valence-electron chi connectivity index (χ4n) is 5.30. The maximum atomic E-state index is 12.6. The van der Waals surface area contributed by atoms with E-state index in [1.807, 2.05) is 24.3 Å². The summed E-state index contributed by atoms with van der Waals surface area (Å²) in [6.07, 6.45) is 15.4. The third-order valence-corrected chi connectivity index (χ3v) is 7.65. The first-order chi connectivity index (χ1) is 18.9. The molecule has 1 atom stereocenters. The Morgan fingerprint density at radius 2 is 1.59 bits per heavy atom. The highest BCUT2D eigenvalue weighted by atomic mass is 16.5. The van der Waals surface area contributed by atoms with E-state index in [2.05, 4.69) is 13.8 Å². The van der Waals surface area contributed by atoms with Crippen LogP contribution >= 0.6 is 0 Å². The smallest absolute Gasteiger partial charge is 0.338 e. The Morgan fingerprint density at radius 1 is 0.923 bits per heavy atom. The first kappa shape index (κ1) is 30.3. The van der Waals surface area contributed by atoms with E-state index in [4.69, 9.17) is 20.9 Å². The van der Waals surface area contributed by atoms with Gasteiger partial charge in [-0.05, 0) is 85.6 Å². The molecule has 0 aromatic heterocycles. The Bertz CT molecular complexity index is 1050.